The van der Waals surface area contributed by atoms with Crippen LogP contribution in [0.15, 0.2) is 22.7 Å². The van der Waals surface area contributed by atoms with E-state index in [0.717, 1.165) is 23.2 Å². The van der Waals surface area contributed by atoms with E-state index < -0.39 is 0 Å². The number of benzene rings is 1. The Kier molecular flexibility index (Phi) is 8.97. The highest BCUT2D eigenvalue weighted by atomic mass is 79.9. The Morgan fingerprint density at radius 2 is 2.00 bits per heavy atom. The van der Waals surface area contributed by atoms with Crippen LogP contribution in [0.25, 0.3) is 0 Å². The Labute approximate surface area is 137 Å². The van der Waals surface area contributed by atoms with Crippen molar-refractivity contribution < 1.29 is 9.47 Å². The second kappa shape index (κ2) is 10.2. The zero-order valence-electron chi connectivity index (χ0n) is 13.6. The van der Waals surface area contributed by atoms with Gasteiger partial charge in [0, 0.05) is 13.2 Å². The Balaban J connectivity index is 2.77. The predicted molar refractivity (Wildman–Crippen MR) is 92.0 cm³/mol. The summed E-state index contributed by atoms with van der Waals surface area (Å²) in [6, 6.07) is 6.76. The van der Waals surface area contributed by atoms with E-state index in [0.29, 0.717) is 25.2 Å². The first-order valence-corrected chi connectivity index (χ1v) is 8.56. The summed E-state index contributed by atoms with van der Waals surface area (Å²) in [6.45, 7) is 8.85. The molecule has 0 bridgehead atoms. The van der Waals surface area contributed by atoms with E-state index in [9.17, 15) is 0 Å². The molecular formula is C17H28BrNO2. The molecule has 120 valence electrons. The van der Waals surface area contributed by atoms with Crippen LogP contribution >= 0.6 is 15.9 Å². The summed E-state index contributed by atoms with van der Waals surface area (Å²) in [5.41, 5.74) is 1.31. The molecule has 2 unspecified atom stereocenters. The molecule has 0 aliphatic carbocycles. The standard InChI is InChI=1S/C17H28BrNO2/c1-5-13(3)11-16(19-6-2)14-7-8-17(15(18)12-14)21-10-9-20-4/h7-8,12-13,16,19H,5-6,9-11H2,1-4H3. The van der Waals surface area contributed by atoms with Crippen LogP contribution < -0.4 is 10.1 Å². The Morgan fingerprint density at radius 3 is 2.57 bits per heavy atom. The minimum absolute atomic E-state index is 0.397. The predicted octanol–water partition coefficient (Wildman–Crippen LogP) is 4.56. The van der Waals surface area contributed by atoms with Gasteiger partial charge in [-0.25, -0.2) is 0 Å². The van der Waals surface area contributed by atoms with Crippen molar-refractivity contribution in [2.75, 3.05) is 26.9 Å². The molecule has 21 heavy (non-hydrogen) atoms. The lowest BCUT2D eigenvalue weighted by Gasteiger charge is -2.22. The number of hydrogen-bond donors (Lipinski definition) is 1. The van der Waals surface area contributed by atoms with E-state index in [4.69, 9.17) is 9.47 Å². The topological polar surface area (TPSA) is 30.5 Å². The van der Waals surface area contributed by atoms with Gasteiger partial charge in [0.15, 0.2) is 0 Å². The third-order valence-corrected chi connectivity index (χ3v) is 4.31. The number of rotatable bonds is 10. The Hall–Kier alpha value is -0.580. The zero-order chi connectivity index (χ0) is 15.7. The molecule has 0 aliphatic rings. The van der Waals surface area contributed by atoms with Crippen molar-refractivity contribution in [3.05, 3.63) is 28.2 Å². The van der Waals surface area contributed by atoms with Crippen LogP contribution in [0, 0.1) is 5.92 Å². The summed E-state index contributed by atoms with van der Waals surface area (Å²) in [5.74, 6) is 1.58. The van der Waals surface area contributed by atoms with Crippen LogP contribution in [0.4, 0.5) is 0 Å². The molecule has 3 nitrogen and oxygen atoms in total. The van der Waals surface area contributed by atoms with Gasteiger partial charge < -0.3 is 14.8 Å². The summed E-state index contributed by atoms with van der Waals surface area (Å²) in [4.78, 5) is 0. The van der Waals surface area contributed by atoms with Crippen LogP contribution in [-0.2, 0) is 4.74 Å². The van der Waals surface area contributed by atoms with E-state index >= 15 is 0 Å². The molecule has 0 spiro atoms. The van der Waals surface area contributed by atoms with Crippen molar-refractivity contribution in [2.45, 2.75) is 39.7 Å². The summed E-state index contributed by atoms with van der Waals surface area (Å²) in [5, 5.41) is 3.58. The number of ether oxygens (including phenoxy) is 2. The van der Waals surface area contributed by atoms with Gasteiger partial charge in [-0.15, -0.1) is 0 Å². The summed E-state index contributed by atoms with van der Waals surface area (Å²) >= 11 is 3.61. The lowest BCUT2D eigenvalue weighted by Crippen LogP contribution is -2.22. The normalized spacial score (nSPS) is 14.0. The van der Waals surface area contributed by atoms with Crippen LogP contribution in [0.2, 0.25) is 0 Å². The van der Waals surface area contributed by atoms with Crippen molar-refractivity contribution in [3.63, 3.8) is 0 Å². The molecule has 1 rings (SSSR count). The first-order chi connectivity index (χ1) is 10.1. The number of methoxy groups -OCH3 is 1. The van der Waals surface area contributed by atoms with Gasteiger partial charge in [0.1, 0.15) is 12.4 Å². The lowest BCUT2D eigenvalue weighted by molar-refractivity contribution is 0.146. The lowest BCUT2D eigenvalue weighted by atomic mass is 9.94. The first kappa shape index (κ1) is 18.5. The maximum Gasteiger partial charge on any atom is 0.133 e. The van der Waals surface area contributed by atoms with Gasteiger partial charge in [-0.3, -0.25) is 0 Å². The van der Waals surface area contributed by atoms with Crippen molar-refractivity contribution in [2.24, 2.45) is 5.92 Å². The maximum absolute atomic E-state index is 5.68. The summed E-state index contributed by atoms with van der Waals surface area (Å²) in [7, 11) is 1.68. The minimum atomic E-state index is 0.397. The van der Waals surface area contributed by atoms with Crippen molar-refractivity contribution in [1.82, 2.24) is 5.32 Å². The van der Waals surface area contributed by atoms with E-state index in [1.807, 2.05) is 6.07 Å². The molecule has 0 aliphatic heterocycles. The van der Waals surface area contributed by atoms with Gasteiger partial charge in [-0.2, -0.15) is 0 Å². The quantitative estimate of drug-likeness (QED) is 0.622. The highest BCUT2D eigenvalue weighted by Crippen LogP contribution is 2.31. The van der Waals surface area contributed by atoms with E-state index in [1.54, 1.807) is 7.11 Å². The van der Waals surface area contributed by atoms with Crippen LogP contribution in [0.1, 0.15) is 45.2 Å². The molecule has 0 heterocycles. The first-order valence-electron chi connectivity index (χ1n) is 7.76. The molecular weight excluding hydrogens is 330 g/mol. The summed E-state index contributed by atoms with van der Waals surface area (Å²) < 4.78 is 11.7. The third kappa shape index (κ3) is 6.37. The molecule has 2 atom stereocenters. The molecule has 0 aromatic heterocycles. The van der Waals surface area contributed by atoms with E-state index in [1.165, 1.54) is 12.0 Å². The number of hydrogen-bond acceptors (Lipinski definition) is 3. The smallest absolute Gasteiger partial charge is 0.133 e. The fourth-order valence-corrected chi connectivity index (χ4v) is 2.75. The second-order valence-electron chi connectivity index (χ2n) is 5.39. The average Bonchev–Trinajstić information content (AvgIpc) is 2.48. The Morgan fingerprint density at radius 1 is 1.24 bits per heavy atom. The monoisotopic (exact) mass is 357 g/mol. The van der Waals surface area contributed by atoms with E-state index in [-0.39, 0.29) is 0 Å². The SMILES string of the molecule is CCNC(CC(C)CC)c1ccc(OCCOC)c(Br)c1. The van der Waals surface area contributed by atoms with Gasteiger partial charge in [0.25, 0.3) is 0 Å². The second-order valence-corrected chi connectivity index (χ2v) is 6.24. The van der Waals surface area contributed by atoms with Crippen LogP contribution in [-0.4, -0.2) is 26.9 Å². The molecule has 4 heteroatoms. The zero-order valence-corrected chi connectivity index (χ0v) is 15.2. The molecule has 0 saturated heterocycles. The van der Waals surface area contributed by atoms with Gasteiger partial charge >= 0.3 is 0 Å². The number of nitrogens with one attached hydrogen (secondary N) is 1. The van der Waals surface area contributed by atoms with Crippen molar-refractivity contribution in [3.8, 4) is 5.75 Å². The molecule has 0 saturated carbocycles. The fraction of sp³-hybridized carbons (Fsp3) is 0.647. The maximum atomic E-state index is 5.68. The molecule has 0 amide bonds. The van der Waals surface area contributed by atoms with E-state index in [2.05, 4.69) is 54.2 Å². The molecule has 0 radical (unpaired) electrons. The molecule has 0 fully saturated rings. The van der Waals surface area contributed by atoms with Gasteiger partial charge in [0.2, 0.25) is 0 Å². The van der Waals surface area contributed by atoms with Crippen LogP contribution in [0.3, 0.4) is 0 Å². The van der Waals surface area contributed by atoms with Crippen LogP contribution in [0.5, 0.6) is 5.75 Å². The van der Waals surface area contributed by atoms with Gasteiger partial charge in [-0.1, -0.05) is 33.3 Å². The van der Waals surface area contributed by atoms with Gasteiger partial charge in [-0.05, 0) is 52.5 Å². The Bertz CT molecular complexity index is 412. The molecule has 1 aromatic rings. The molecule has 1 N–H and O–H groups in total. The largest absolute Gasteiger partial charge is 0.490 e. The van der Waals surface area contributed by atoms with Crippen molar-refractivity contribution in [1.29, 1.82) is 0 Å². The molecule has 1 aromatic carbocycles. The van der Waals surface area contributed by atoms with Crippen molar-refractivity contribution >= 4 is 15.9 Å². The third-order valence-electron chi connectivity index (χ3n) is 3.69. The number of halogens is 1. The average molecular weight is 358 g/mol. The minimum Gasteiger partial charge on any atom is -0.490 e. The highest BCUT2D eigenvalue weighted by Gasteiger charge is 2.15. The van der Waals surface area contributed by atoms with Gasteiger partial charge in [0.05, 0.1) is 11.1 Å². The fourth-order valence-electron chi connectivity index (χ4n) is 2.24. The highest BCUT2D eigenvalue weighted by molar-refractivity contribution is 9.10. The summed E-state index contributed by atoms with van der Waals surface area (Å²) in [6.07, 6.45) is 2.36.